The number of likely N-dealkylation sites (N-methyl/N-ethyl adjacent to an activating group) is 1. The molecule has 2 fully saturated rings. The van der Waals surface area contributed by atoms with Crippen LogP contribution >= 0.6 is 0 Å². The predicted octanol–water partition coefficient (Wildman–Crippen LogP) is 1.48. The summed E-state index contributed by atoms with van der Waals surface area (Å²) in [5.74, 6) is -0.807. The molecule has 0 radical (unpaired) electrons. The van der Waals surface area contributed by atoms with Crippen molar-refractivity contribution >= 4 is 11.9 Å². The van der Waals surface area contributed by atoms with Crippen LogP contribution in [0.3, 0.4) is 0 Å². The summed E-state index contributed by atoms with van der Waals surface area (Å²) in [5, 5.41) is 12.1. The number of rotatable bonds is 4. The highest BCUT2D eigenvalue weighted by Gasteiger charge is 2.31. The zero-order valence-corrected chi connectivity index (χ0v) is 12.3. The van der Waals surface area contributed by atoms with Crippen molar-refractivity contribution in [2.75, 3.05) is 19.6 Å². The third kappa shape index (κ3) is 3.95. The second-order valence-corrected chi connectivity index (χ2v) is 6.13. The van der Waals surface area contributed by atoms with Crippen molar-refractivity contribution in [1.29, 1.82) is 0 Å². The number of carboxylic acid groups (broad SMARTS) is 1. The third-order valence-electron chi connectivity index (χ3n) is 4.75. The molecule has 1 unspecified atom stereocenters. The van der Waals surface area contributed by atoms with Crippen LogP contribution in [0.2, 0.25) is 0 Å². The van der Waals surface area contributed by atoms with Crippen LogP contribution in [0.25, 0.3) is 0 Å². The van der Waals surface area contributed by atoms with Crippen LogP contribution < -0.4 is 5.32 Å². The van der Waals surface area contributed by atoms with Crippen LogP contribution in [0.4, 0.5) is 0 Å². The van der Waals surface area contributed by atoms with E-state index in [0.29, 0.717) is 25.7 Å². The molecule has 1 atom stereocenters. The SMILES string of the molecule is CCN1CCCC(NC(=O)C2CCC(C(=O)O)CC2)C1. The van der Waals surface area contributed by atoms with E-state index in [1.165, 1.54) is 0 Å². The summed E-state index contributed by atoms with van der Waals surface area (Å²) < 4.78 is 0. The van der Waals surface area contributed by atoms with Gasteiger partial charge in [0.15, 0.2) is 0 Å². The summed E-state index contributed by atoms with van der Waals surface area (Å²) in [7, 11) is 0. The van der Waals surface area contributed by atoms with Gasteiger partial charge in [0.05, 0.1) is 5.92 Å². The van der Waals surface area contributed by atoms with Gasteiger partial charge in [-0.1, -0.05) is 6.92 Å². The fourth-order valence-corrected chi connectivity index (χ4v) is 3.38. The lowest BCUT2D eigenvalue weighted by Gasteiger charge is -2.34. The van der Waals surface area contributed by atoms with Crippen molar-refractivity contribution in [3.05, 3.63) is 0 Å². The summed E-state index contributed by atoms with van der Waals surface area (Å²) in [6.45, 7) is 5.27. The Morgan fingerprint density at radius 2 is 1.80 bits per heavy atom. The van der Waals surface area contributed by atoms with E-state index in [-0.39, 0.29) is 23.8 Å². The predicted molar refractivity (Wildman–Crippen MR) is 76.4 cm³/mol. The lowest BCUT2D eigenvalue weighted by Crippen LogP contribution is -2.49. The molecule has 1 aliphatic carbocycles. The number of carbonyl (C=O) groups is 2. The summed E-state index contributed by atoms with van der Waals surface area (Å²) >= 11 is 0. The molecule has 1 saturated carbocycles. The summed E-state index contributed by atoms with van der Waals surface area (Å²) in [6, 6.07) is 0.272. The molecule has 2 N–H and O–H groups in total. The van der Waals surface area contributed by atoms with E-state index >= 15 is 0 Å². The van der Waals surface area contributed by atoms with E-state index in [4.69, 9.17) is 5.11 Å². The number of aliphatic carboxylic acids is 1. The molecule has 0 bridgehead atoms. The number of nitrogens with zero attached hydrogens (tertiary/aromatic N) is 1. The molecule has 114 valence electrons. The lowest BCUT2D eigenvalue weighted by atomic mass is 9.81. The second kappa shape index (κ2) is 7.07. The summed E-state index contributed by atoms with van der Waals surface area (Å²) in [5.41, 5.74) is 0. The van der Waals surface area contributed by atoms with Crippen molar-refractivity contribution in [2.45, 2.75) is 51.5 Å². The topological polar surface area (TPSA) is 69.6 Å². The largest absolute Gasteiger partial charge is 0.481 e. The molecular formula is C15H26N2O3. The van der Waals surface area contributed by atoms with Gasteiger partial charge in [0.1, 0.15) is 0 Å². The molecule has 2 aliphatic rings. The van der Waals surface area contributed by atoms with Gasteiger partial charge >= 0.3 is 5.97 Å². The van der Waals surface area contributed by atoms with Gasteiger partial charge in [0.2, 0.25) is 5.91 Å². The number of carboxylic acids is 1. The van der Waals surface area contributed by atoms with Gasteiger partial charge in [-0.15, -0.1) is 0 Å². The molecule has 5 heteroatoms. The van der Waals surface area contributed by atoms with Gasteiger partial charge in [-0.05, 0) is 51.6 Å². The molecule has 5 nitrogen and oxygen atoms in total. The lowest BCUT2D eigenvalue weighted by molar-refractivity contribution is -0.144. The van der Waals surface area contributed by atoms with E-state index < -0.39 is 5.97 Å². The maximum atomic E-state index is 12.3. The van der Waals surface area contributed by atoms with E-state index in [1.54, 1.807) is 0 Å². The quantitative estimate of drug-likeness (QED) is 0.819. The number of likely N-dealkylation sites (tertiary alicyclic amines) is 1. The maximum absolute atomic E-state index is 12.3. The minimum atomic E-state index is -0.713. The van der Waals surface area contributed by atoms with Gasteiger partial charge in [-0.25, -0.2) is 0 Å². The first kappa shape index (κ1) is 15.3. The Bertz CT molecular complexity index is 351. The van der Waals surface area contributed by atoms with Crippen LogP contribution in [-0.2, 0) is 9.59 Å². The zero-order valence-electron chi connectivity index (χ0n) is 12.3. The molecule has 2 rings (SSSR count). The first-order valence-electron chi connectivity index (χ1n) is 7.85. The van der Waals surface area contributed by atoms with Gasteiger partial charge in [-0.3, -0.25) is 9.59 Å². The van der Waals surface area contributed by atoms with Crippen molar-refractivity contribution in [3.8, 4) is 0 Å². The minimum Gasteiger partial charge on any atom is -0.481 e. The molecule has 0 spiro atoms. The first-order chi connectivity index (χ1) is 9.60. The third-order valence-corrected chi connectivity index (χ3v) is 4.75. The standard InChI is InChI=1S/C15H26N2O3/c1-2-17-9-3-4-13(10-17)16-14(18)11-5-7-12(8-6-11)15(19)20/h11-13H,2-10H2,1H3,(H,16,18)(H,19,20). The van der Waals surface area contributed by atoms with Crippen LogP contribution in [0.1, 0.15) is 45.4 Å². The van der Waals surface area contributed by atoms with E-state index in [0.717, 1.165) is 32.5 Å². The fraction of sp³-hybridized carbons (Fsp3) is 0.867. The van der Waals surface area contributed by atoms with Crippen LogP contribution in [0, 0.1) is 11.8 Å². The van der Waals surface area contributed by atoms with Crippen LogP contribution in [-0.4, -0.2) is 47.6 Å². The van der Waals surface area contributed by atoms with Crippen molar-refractivity contribution in [3.63, 3.8) is 0 Å². The molecule has 1 saturated heterocycles. The maximum Gasteiger partial charge on any atom is 0.306 e. The average molecular weight is 282 g/mol. The second-order valence-electron chi connectivity index (χ2n) is 6.13. The van der Waals surface area contributed by atoms with E-state index in [1.807, 2.05) is 0 Å². The summed E-state index contributed by atoms with van der Waals surface area (Å²) in [6.07, 6.45) is 4.91. The van der Waals surface area contributed by atoms with Crippen molar-refractivity contribution < 1.29 is 14.7 Å². The van der Waals surface area contributed by atoms with E-state index in [2.05, 4.69) is 17.1 Å². The highest BCUT2D eigenvalue weighted by molar-refractivity contribution is 5.79. The molecule has 0 aromatic carbocycles. The molecule has 20 heavy (non-hydrogen) atoms. The smallest absolute Gasteiger partial charge is 0.306 e. The molecule has 0 aromatic rings. The van der Waals surface area contributed by atoms with Crippen molar-refractivity contribution in [1.82, 2.24) is 10.2 Å². The monoisotopic (exact) mass is 282 g/mol. The number of hydrogen-bond donors (Lipinski definition) is 2. The number of hydrogen-bond acceptors (Lipinski definition) is 3. The van der Waals surface area contributed by atoms with Gasteiger partial charge < -0.3 is 15.3 Å². The normalized spacial score (nSPS) is 31.8. The van der Waals surface area contributed by atoms with Gasteiger partial charge in [-0.2, -0.15) is 0 Å². The highest BCUT2D eigenvalue weighted by atomic mass is 16.4. The van der Waals surface area contributed by atoms with E-state index in [9.17, 15) is 9.59 Å². The summed E-state index contributed by atoms with van der Waals surface area (Å²) in [4.78, 5) is 25.5. The Morgan fingerprint density at radius 3 is 2.40 bits per heavy atom. The Morgan fingerprint density at radius 1 is 1.15 bits per heavy atom. The Hall–Kier alpha value is -1.10. The van der Waals surface area contributed by atoms with Crippen molar-refractivity contribution in [2.24, 2.45) is 11.8 Å². The molecule has 1 amide bonds. The molecule has 0 aromatic heterocycles. The Labute approximate surface area is 120 Å². The molecule has 1 aliphatic heterocycles. The highest BCUT2D eigenvalue weighted by Crippen LogP contribution is 2.29. The fourth-order valence-electron chi connectivity index (χ4n) is 3.38. The Kier molecular flexibility index (Phi) is 5.40. The molecule has 1 heterocycles. The number of amides is 1. The Balaban J connectivity index is 1.76. The zero-order chi connectivity index (χ0) is 14.5. The average Bonchev–Trinajstić information content (AvgIpc) is 2.47. The van der Waals surface area contributed by atoms with Gasteiger partial charge in [0.25, 0.3) is 0 Å². The van der Waals surface area contributed by atoms with Gasteiger partial charge in [0, 0.05) is 18.5 Å². The molecular weight excluding hydrogens is 256 g/mol. The van der Waals surface area contributed by atoms with Crippen LogP contribution in [0.5, 0.6) is 0 Å². The first-order valence-corrected chi connectivity index (χ1v) is 7.85. The number of carbonyl (C=O) groups excluding carboxylic acids is 1. The van der Waals surface area contributed by atoms with Crippen LogP contribution in [0.15, 0.2) is 0 Å². The number of piperidine rings is 1. The number of nitrogens with one attached hydrogen (secondary N) is 1. The minimum absolute atomic E-state index is 0.0163.